The second-order valence-electron chi connectivity index (χ2n) is 5.80. The molecule has 2 aromatic rings. The number of hydrogen-bond donors (Lipinski definition) is 1. The molecule has 5 nitrogen and oxygen atoms in total. The van der Waals surface area contributed by atoms with E-state index in [1.165, 1.54) is 4.88 Å². The van der Waals surface area contributed by atoms with Crippen molar-refractivity contribution in [2.75, 3.05) is 20.1 Å². The van der Waals surface area contributed by atoms with Gasteiger partial charge in [-0.05, 0) is 31.8 Å². The summed E-state index contributed by atoms with van der Waals surface area (Å²) in [7, 11) is 2.11. The van der Waals surface area contributed by atoms with Crippen molar-refractivity contribution >= 4 is 17.2 Å². The van der Waals surface area contributed by atoms with Crippen LogP contribution in [0, 0.1) is 0 Å². The zero-order valence-corrected chi connectivity index (χ0v) is 13.9. The van der Waals surface area contributed by atoms with Crippen molar-refractivity contribution < 1.29 is 4.79 Å². The van der Waals surface area contributed by atoms with Gasteiger partial charge in [0.05, 0.1) is 18.2 Å². The number of carbonyl (C=O) groups is 1. The maximum atomic E-state index is 12.0. The predicted octanol–water partition coefficient (Wildman–Crippen LogP) is 1.85. The molecule has 0 aliphatic carbocycles. The normalized spacial score (nSPS) is 18.2. The van der Waals surface area contributed by atoms with Gasteiger partial charge in [-0.1, -0.05) is 6.07 Å². The number of rotatable bonds is 5. The Morgan fingerprint density at radius 2 is 2.36 bits per heavy atom. The van der Waals surface area contributed by atoms with E-state index in [1.54, 1.807) is 11.3 Å². The van der Waals surface area contributed by atoms with Crippen LogP contribution in [0.3, 0.4) is 0 Å². The number of thiophene rings is 1. The Bertz CT molecular complexity index is 635. The molecule has 1 N–H and O–H groups in total. The average Bonchev–Trinajstić information content (AvgIpc) is 3.12. The molecule has 0 spiro atoms. The zero-order valence-electron chi connectivity index (χ0n) is 13.1. The summed E-state index contributed by atoms with van der Waals surface area (Å²) < 4.78 is 2.18. The molecule has 3 heterocycles. The van der Waals surface area contributed by atoms with Gasteiger partial charge in [0.1, 0.15) is 5.82 Å². The van der Waals surface area contributed by atoms with E-state index in [4.69, 9.17) is 0 Å². The Morgan fingerprint density at radius 1 is 1.50 bits per heavy atom. The van der Waals surface area contributed by atoms with Crippen LogP contribution < -0.4 is 5.32 Å². The molecule has 1 aliphatic rings. The lowest BCUT2D eigenvalue weighted by molar-refractivity contribution is -0.120. The van der Waals surface area contributed by atoms with Gasteiger partial charge in [0.15, 0.2) is 0 Å². The summed E-state index contributed by atoms with van der Waals surface area (Å²) >= 11 is 1.73. The molecule has 0 saturated carbocycles. The van der Waals surface area contributed by atoms with E-state index in [0.29, 0.717) is 19.0 Å². The Kier molecular flexibility index (Phi) is 4.59. The summed E-state index contributed by atoms with van der Waals surface area (Å²) in [6, 6.07) is 4.44. The highest BCUT2D eigenvalue weighted by molar-refractivity contribution is 7.09. The van der Waals surface area contributed by atoms with Crippen LogP contribution in [0.1, 0.15) is 29.4 Å². The fourth-order valence-corrected chi connectivity index (χ4v) is 3.46. The minimum absolute atomic E-state index is 0.0491. The van der Waals surface area contributed by atoms with Gasteiger partial charge in [-0.15, -0.1) is 11.3 Å². The molecule has 6 heteroatoms. The minimum Gasteiger partial charge on any atom is -0.355 e. The van der Waals surface area contributed by atoms with E-state index in [1.807, 2.05) is 12.3 Å². The standard InChI is InChI=1S/C16H22N4OS/c1-12-16-18-13(11-20(16)8-7-19(12)2)10-15(21)17-6-5-14-4-3-9-22-14/h3-4,9,11-12H,5-8,10H2,1-2H3,(H,17,21)/t12-/m1/s1. The lowest BCUT2D eigenvalue weighted by atomic mass is 10.2. The highest BCUT2D eigenvalue weighted by Gasteiger charge is 2.23. The molecule has 118 valence electrons. The molecule has 1 amide bonds. The molecular formula is C16H22N4OS. The summed E-state index contributed by atoms with van der Waals surface area (Å²) in [5.41, 5.74) is 0.866. The van der Waals surface area contributed by atoms with E-state index in [9.17, 15) is 4.79 Å². The maximum Gasteiger partial charge on any atom is 0.226 e. The molecule has 1 atom stereocenters. The first kappa shape index (κ1) is 15.2. The second kappa shape index (κ2) is 6.62. The van der Waals surface area contributed by atoms with Crippen molar-refractivity contribution in [1.29, 1.82) is 0 Å². The van der Waals surface area contributed by atoms with Gasteiger partial charge in [-0.2, -0.15) is 0 Å². The van der Waals surface area contributed by atoms with E-state index in [0.717, 1.165) is 31.0 Å². The van der Waals surface area contributed by atoms with Gasteiger partial charge < -0.3 is 9.88 Å². The van der Waals surface area contributed by atoms with Gasteiger partial charge in [-0.3, -0.25) is 9.69 Å². The van der Waals surface area contributed by atoms with Crippen LogP contribution in [0.5, 0.6) is 0 Å². The van der Waals surface area contributed by atoms with Gasteiger partial charge >= 0.3 is 0 Å². The number of hydrogen-bond acceptors (Lipinski definition) is 4. The Hall–Kier alpha value is -1.66. The quantitative estimate of drug-likeness (QED) is 0.915. The first-order valence-electron chi connectivity index (χ1n) is 7.69. The second-order valence-corrected chi connectivity index (χ2v) is 6.83. The highest BCUT2D eigenvalue weighted by atomic mass is 32.1. The van der Waals surface area contributed by atoms with Crippen LogP contribution in [0.4, 0.5) is 0 Å². The number of fused-ring (bicyclic) bond motifs is 1. The van der Waals surface area contributed by atoms with Gasteiger partial charge in [0.25, 0.3) is 0 Å². The van der Waals surface area contributed by atoms with Crippen LogP contribution in [0.25, 0.3) is 0 Å². The summed E-state index contributed by atoms with van der Waals surface area (Å²) in [5, 5.41) is 5.04. The molecule has 0 aromatic carbocycles. The Balaban J connectivity index is 1.52. The van der Waals surface area contributed by atoms with Gasteiger partial charge in [0, 0.05) is 30.7 Å². The molecule has 0 saturated heterocycles. The maximum absolute atomic E-state index is 12.0. The summed E-state index contributed by atoms with van der Waals surface area (Å²) in [4.78, 5) is 20.3. The van der Waals surface area contributed by atoms with Crippen LogP contribution in [-0.2, 0) is 24.2 Å². The zero-order chi connectivity index (χ0) is 15.5. The monoisotopic (exact) mass is 318 g/mol. The van der Waals surface area contributed by atoms with Crippen molar-refractivity contribution in [3.63, 3.8) is 0 Å². The van der Waals surface area contributed by atoms with Crippen molar-refractivity contribution in [3.8, 4) is 0 Å². The number of nitrogens with zero attached hydrogens (tertiary/aromatic N) is 3. The van der Waals surface area contributed by atoms with Gasteiger partial charge in [-0.25, -0.2) is 4.98 Å². The van der Waals surface area contributed by atoms with Crippen molar-refractivity contribution in [3.05, 3.63) is 40.1 Å². The summed E-state index contributed by atoms with van der Waals surface area (Å²) in [5.74, 6) is 1.11. The fourth-order valence-electron chi connectivity index (χ4n) is 2.75. The number of imidazole rings is 1. The topological polar surface area (TPSA) is 50.2 Å². The molecule has 3 rings (SSSR count). The molecule has 0 bridgehead atoms. The molecule has 0 fully saturated rings. The van der Waals surface area contributed by atoms with Crippen molar-refractivity contribution in [1.82, 2.24) is 19.8 Å². The van der Waals surface area contributed by atoms with Crippen molar-refractivity contribution in [2.24, 2.45) is 0 Å². The number of likely N-dealkylation sites (N-methyl/N-ethyl adjacent to an activating group) is 1. The molecule has 0 unspecified atom stereocenters. The van der Waals surface area contributed by atoms with E-state index in [2.05, 4.69) is 45.2 Å². The lowest BCUT2D eigenvalue weighted by Crippen LogP contribution is -2.33. The third-order valence-corrected chi connectivity index (χ3v) is 5.14. The van der Waals surface area contributed by atoms with Gasteiger partial charge in [0.2, 0.25) is 5.91 Å². The molecule has 0 radical (unpaired) electrons. The Labute approximate surface area is 135 Å². The molecule has 1 aliphatic heterocycles. The van der Waals surface area contributed by atoms with Crippen molar-refractivity contribution in [2.45, 2.75) is 32.4 Å². The third-order valence-electron chi connectivity index (χ3n) is 4.20. The van der Waals surface area contributed by atoms with Crippen LogP contribution in [0.15, 0.2) is 23.7 Å². The van der Waals surface area contributed by atoms with Crippen LogP contribution in [-0.4, -0.2) is 40.5 Å². The molecule has 22 heavy (non-hydrogen) atoms. The fraction of sp³-hybridized carbons (Fsp3) is 0.500. The predicted molar refractivity (Wildman–Crippen MR) is 88.0 cm³/mol. The summed E-state index contributed by atoms with van der Waals surface area (Å²) in [6.45, 7) is 4.81. The van der Waals surface area contributed by atoms with E-state index >= 15 is 0 Å². The molecular weight excluding hydrogens is 296 g/mol. The number of aromatic nitrogens is 2. The average molecular weight is 318 g/mol. The highest BCUT2D eigenvalue weighted by Crippen LogP contribution is 2.22. The first-order chi connectivity index (χ1) is 10.6. The Morgan fingerprint density at radius 3 is 3.14 bits per heavy atom. The van der Waals surface area contributed by atoms with E-state index < -0.39 is 0 Å². The smallest absolute Gasteiger partial charge is 0.226 e. The number of carbonyl (C=O) groups excluding carboxylic acids is 1. The number of nitrogens with one attached hydrogen (secondary N) is 1. The third kappa shape index (κ3) is 3.39. The lowest BCUT2D eigenvalue weighted by Gasteiger charge is -2.30. The largest absolute Gasteiger partial charge is 0.355 e. The van der Waals surface area contributed by atoms with Crippen LogP contribution in [0.2, 0.25) is 0 Å². The minimum atomic E-state index is 0.0491. The molecule has 2 aromatic heterocycles. The SMILES string of the molecule is C[C@@H]1c2nc(CC(=O)NCCc3cccs3)cn2CCN1C. The first-order valence-corrected chi connectivity index (χ1v) is 8.56. The number of amides is 1. The van der Waals surface area contributed by atoms with E-state index in [-0.39, 0.29) is 5.91 Å². The van der Waals surface area contributed by atoms with Crippen LogP contribution >= 0.6 is 11.3 Å². The summed E-state index contributed by atoms with van der Waals surface area (Å²) in [6.07, 6.45) is 3.28.